The molecule has 1 amide bonds. The predicted octanol–water partition coefficient (Wildman–Crippen LogP) is 1.49. The molecule has 2 rings (SSSR count). The lowest BCUT2D eigenvalue weighted by molar-refractivity contribution is 0.0677. The lowest BCUT2D eigenvalue weighted by Crippen LogP contribution is -2.39. The van der Waals surface area contributed by atoms with Crippen LogP contribution in [0.4, 0.5) is 0 Å². The van der Waals surface area contributed by atoms with E-state index in [1.165, 1.54) is 6.42 Å². The molecule has 1 aromatic rings. The Balaban J connectivity index is 1.86. The number of hydrogen-bond donors (Lipinski definition) is 1. The summed E-state index contributed by atoms with van der Waals surface area (Å²) in [6, 6.07) is 3.82. The van der Waals surface area contributed by atoms with Crippen molar-refractivity contribution in [2.24, 2.45) is 13.0 Å². The van der Waals surface area contributed by atoms with E-state index in [1.54, 1.807) is 0 Å². The summed E-state index contributed by atoms with van der Waals surface area (Å²) in [6.07, 6.45) is 5.42. The number of nitrogens with one attached hydrogen (secondary N) is 1. The Morgan fingerprint density at radius 3 is 2.72 bits per heavy atom. The zero-order valence-corrected chi connectivity index (χ0v) is 11.4. The number of nitrogens with zero attached hydrogens (tertiary/aromatic N) is 2. The van der Waals surface area contributed by atoms with E-state index in [9.17, 15) is 4.79 Å². The van der Waals surface area contributed by atoms with Crippen LogP contribution in [0.5, 0.6) is 0 Å². The van der Waals surface area contributed by atoms with Crippen molar-refractivity contribution in [3.05, 3.63) is 24.0 Å². The molecule has 0 spiro atoms. The molecule has 1 fully saturated rings. The Labute approximate surface area is 109 Å². The van der Waals surface area contributed by atoms with Gasteiger partial charge in [0.1, 0.15) is 5.69 Å². The standard InChI is InChI=1S/C14H23N3O/c1-15-8-5-12-6-10-17(11-7-12)14(18)13-4-3-9-16(13)2/h3-4,9,12,15H,5-8,10-11H2,1-2H3. The van der Waals surface area contributed by atoms with Gasteiger partial charge in [0.05, 0.1) is 0 Å². The van der Waals surface area contributed by atoms with E-state index in [4.69, 9.17) is 0 Å². The Bertz CT molecular complexity index is 391. The lowest BCUT2D eigenvalue weighted by atomic mass is 9.93. The quantitative estimate of drug-likeness (QED) is 0.878. The summed E-state index contributed by atoms with van der Waals surface area (Å²) in [5, 5.41) is 3.19. The largest absolute Gasteiger partial charge is 0.347 e. The number of aromatic nitrogens is 1. The van der Waals surface area contributed by atoms with Gasteiger partial charge in [0.25, 0.3) is 5.91 Å². The van der Waals surface area contributed by atoms with Gasteiger partial charge in [-0.3, -0.25) is 4.79 Å². The molecule has 1 N–H and O–H groups in total. The van der Waals surface area contributed by atoms with E-state index in [1.807, 2.05) is 41.9 Å². The SMILES string of the molecule is CNCCC1CCN(C(=O)c2cccn2C)CC1. The van der Waals surface area contributed by atoms with Crippen molar-refractivity contribution >= 4 is 5.91 Å². The zero-order valence-electron chi connectivity index (χ0n) is 11.4. The fourth-order valence-corrected chi connectivity index (χ4v) is 2.62. The average molecular weight is 249 g/mol. The third-order valence-electron chi connectivity index (χ3n) is 3.87. The normalized spacial score (nSPS) is 17.1. The molecule has 0 bridgehead atoms. The molecule has 0 unspecified atom stereocenters. The molecule has 1 aromatic heterocycles. The second-order valence-corrected chi connectivity index (χ2v) is 5.13. The van der Waals surface area contributed by atoms with Crippen molar-refractivity contribution in [2.75, 3.05) is 26.7 Å². The van der Waals surface area contributed by atoms with Crippen LogP contribution in [-0.4, -0.2) is 42.1 Å². The van der Waals surface area contributed by atoms with Crippen molar-refractivity contribution in [3.63, 3.8) is 0 Å². The summed E-state index contributed by atoms with van der Waals surface area (Å²) >= 11 is 0. The minimum Gasteiger partial charge on any atom is -0.347 e. The minimum atomic E-state index is 0.176. The molecule has 1 aliphatic rings. The first-order valence-electron chi connectivity index (χ1n) is 6.77. The summed E-state index contributed by atoms with van der Waals surface area (Å²) in [4.78, 5) is 14.3. The Morgan fingerprint density at radius 2 is 2.17 bits per heavy atom. The van der Waals surface area contributed by atoms with Gasteiger partial charge >= 0.3 is 0 Å². The van der Waals surface area contributed by atoms with Gasteiger partial charge in [0, 0.05) is 26.3 Å². The first-order chi connectivity index (χ1) is 8.72. The molecular formula is C14H23N3O. The molecule has 18 heavy (non-hydrogen) atoms. The van der Waals surface area contributed by atoms with Gasteiger partial charge in [-0.1, -0.05) is 0 Å². The van der Waals surface area contributed by atoms with Gasteiger partial charge in [-0.25, -0.2) is 0 Å². The average Bonchev–Trinajstić information content (AvgIpc) is 2.82. The molecule has 2 heterocycles. The highest BCUT2D eigenvalue weighted by atomic mass is 16.2. The van der Waals surface area contributed by atoms with Crippen LogP contribution in [0.3, 0.4) is 0 Å². The first-order valence-corrected chi connectivity index (χ1v) is 6.77. The molecule has 100 valence electrons. The van der Waals surface area contributed by atoms with E-state index in [0.717, 1.165) is 44.1 Å². The van der Waals surface area contributed by atoms with Crippen LogP contribution in [0.1, 0.15) is 29.8 Å². The maximum atomic E-state index is 12.3. The third-order valence-corrected chi connectivity index (χ3v) is 3.87. The fourth-order valence-electron chi connectivity index (χ4n) is 2.62. The molecule has 0 saturated carbocycles. The first kappa shape index (κ1) is 13.1. The van der Waals surface area contributed by atoms with Crippen LogP contribution in [-0.2, 0) is 7.05 Å². The van der Waals surface area contributed by atoms with Gasteiger partial charge in [-0.15, -0.1) is 0 Å². The number of aryl methyl sites for hydroxylation is 1. The predicted molar refractivity (Wildman–Crippen MR) is 72.6 cm³/mol. The fraction of sp³-hybridized carbons (Fsp3) is 0.643. The van der Waals surface area contributed by atoms with Gasteiger partial charge in [0.2, 0.25) is 0 Å². The maximum absolute atomic E-state index is 12.3. The number of rotatable bonds is 4. The van der Waals surface area contributed by atoms with Gasteiger partial charge < -0.3 is 14.8 Å². The second kappa shape index (κ2) is 6.05. The van der Waals surface area contributed by atoms with Gasteiger partial charge in [-0.05, 0) is 50.9 Å². The van der Waals surface area contributed by atoms with Crippen molar-refractivity contribution < 1.29 is 4.79 Å². The van der Waals surface area contributed by atoms with Crippen molar-refractivity contribution in [2.45, 2.75) is 19.3 Å². The highest BCUT2D eigenvalue weighted by molar-refractivity contribution is 5.92. The molecule has 4 heteroatoms. The van der Waals surface area contributed by atoms with Crippen LogP contribution in [0.25, 0.3) is 0 Å². The zero-order chi connectivity index (χ0) is 13.0. The van der Waals surface area contributed by atoms with Crippen LogP contribution >= 0.6 is 0 Å². The van der Waals surface area contributed by atoms with E-state index < -0.39 is 0 Å². The van der Waals surface area contributed by atoms with Crippen molar-refractivity contribution in [1.29, 1.82) is 0 Å². The molecule has 4 nitrogen and oxygen atoms in total. The second-order valence-electron chi connectivity index (χ2n) is 5.13. The van der Waals surface area contributed by atoms with Crippen LogP contribution in [0.2, 0.25) is 0 Å². The molecule has 0 atom stereocenters. The third kappa shape index (κ3) is 2.93. The molecular weight excluding hydrogens is 226 g/mol. The highest BCUT2D eigenvalue weighted by Crippen LogP contribution is 2.21. The maximum Gasteiger partial charge on any atom is 0.270 e. The van der Waals surface area contributed by atoms with Crippen molar-refractivity contribution in [3.8, 4) is 0 Å². The number of amides is 1. The van der Waals surface area contributed by atoms with Gasteiger partial charge in [-0.2, -0.15) is 0 Å². The Kier molecular flexibility index (Phi) is 4.42. The van der Waals surface area contributed by atoms with Crippen LogP contribution < -0.4 is 5.32 Å². The molecule has 0 aliphatic carbocycles. The number of carbonyl (C=O) groups excluding carboxylic acids is 1. The topological polar surface area (TPSA) is 37.3 Å². The van der Waals surface area contributed by atoms with Crippen molar-refractivity contribution in [1.82, 2.24) is 14.8 Å². The Hall–Kier alpha value is -1.29. The van der Waals surface area contributed by atoms with E-state index in [0.29, 0.717) is 0 Å². The lowest BCUT2D eigenvalue weighted by Gasteiger charge is -2.32. The summed E-state index contributed by atoms with van der Waals surface area (Å²) in [6.45, 7) is 2.88. The van der Waals surface area contributed by atoms with Gasteiger partial charge in [0.15, 0.2) is 0 Å². The molecule has 1 aliphatic heterocycles. The summed E-state index contributed by atoms with van der Waals surface area (Å²) in [5.41, 5.74) is 0.795. The number of piperidine rings is 1. The van der Waals surface area contributed by atoms with Crippen LogP contribution in [0.15, 0.2) is 18.3 Å². The molecule has 0 radical (unpaired) electrons. The van der Waals surface area contributed by atoms with E-state index in [2.05, 4.69) is 5.32 Å². The van der Waals surface area contributed by atoms with Crippen LogP contribution in [0, 0.1) is 5.92 Å². The monoisotopic (exact) mass is 249 g/mol. The number of carbonyl (C=O) groups is 1. The van der Waals surface area contributed by atoms with E-state index in [-0.39, 0.29) is 5.91 Å². The smallest absolute Gasteiger partial charge is 0.270 e. The summed E-state index contributed by atoms with van der Waals surface area (Å²) in [7, 11) is 3.92. The summed E-state index contributed by atoms with van der Waals surface area (Å²) in [5.74, 6) is 0.949. The summed E-state index contributed by atoms with van der Waals surface area (Å²) < 4.78 is 1.90. The number of likely N-dealkylation sites (tertiary alicyclic amines) is 1. The minimum absolute atomic E-state index is 0.176. The molecule has 1 saturated heterocycles. The number of hydrogen-bond acceptors (Lipinski definition) is 2. The highest BCUT2D eigenvalue weighted by Gasteiger charge is 2.24. The van der Waals surface area contributed by atoms with E-state index >= 15 is 0 Å². The molecule has 0 aromatic carbocycles. The Morgan fingerprint density at radius 1 is 1.44 bits per heavy atom.